The van der Waals surface area contributed by atoms with Gasteiger partial charge in [-0.3, -0.25) is 0 Å². The molecule has 0 bridgehead atoms. The Bertz CT molecular complexity index is 204. The highest BCUT2D eigenvalue weighted by molar-refractivity contribution is 8.00. The molecule has 2 unspecified atom stereocenters. The van der Waals surface area contributed by atoms with Crippen LogP contribution in [0.5, 0.6) is 0 Å². The Morgan fingerprint density at radius 2 is 2.06 bits per heavy atom. The average Bonchev–Trinajstić information content (AvgIpc) is 2.99. The van der Waals surface area contributed by atoms with Crippen LogP contribution in [0, 0.1) is 0 Å². The molecule has 3 nitrogen and oxygen atoms in total. The molecule has 1 aliphatic carbocycles. The lowest BCUT2D eigenvalue weighted by atomic mass is 10.2. The fourth-order valence-electron chi connectivity index (χ4n) is 2.58. The van der Waals surface area contributed by atoms with Gasteiger partial charge < -0.3 is 15.2 Å². The van der Waals surface area contributed by atoms with Gasteiger partial charge in [0.05, 0.1) is 18.8 Å². The summed E-state index contributed by atoms with van der Waals surface area (Å²) in [7, 11) is 0. The molecule has 1 heterocycles. The fraction of sp³-hybridized carbons (Fsp3) is 1.00. The van der Waals surface area contributed by atoms with Crippen molar-refractivity contribution in [3.8, 4) is 0 Å². The van der Waals surface area contributed by atoms with E-state index < -0.39 is 0 Å². The normalized spacial score (nSPS) is 27.7. The van der Waals surface area contributed by atoms with Gasteiger partial charge in [0.25, 0.3) is 0 Å². The summed E-state index contributed by atoms with van der Waals surface area (Å²) < 4.78 is 5.69. The third-order valence-corrected chi connectivity index (χ3v) is 5.00. The molecule has 2 aliphatic rings. The summed E-state index contributed by atoms with van der Waals surface area (Å²) in [5, 5.41) is 13.9. The Labute approximate surface area is 109 Å². The number of hydrogen-bond acceptors (Lipinski definition) is 4. The lowest BCUT2D eigenvalue weighted by molar-refractivity contribution is -0.00531. The minimum Gasteiger partial charge on any atom is -0.389 e. The van der Waals surface area contributed by atoms with Gasteiger partial charge in [-0.1, -0.05) is 12.8 Å². The van der Waals surface area contributed by atoms with Gasteiger partial charge in [0.1, 0.15) is 0 Å². The summed E-state index contributed by atoms with van der Waals surface area (Å²) in [5.74, 6) is 1.31. The molecule has 2 rings (SSSR count). The van der Waals surface area contributed by atoms with Crippen LogP contribution in [-0.4, -0.2) is 48.0 Å². The highest BCUT2D eigenvalue weighted by Gasteiger charge is 2.18. The minimum atomic E-state index is -0.345. The summed E-state index contributed by atoms with van der Waals surface area (Å²) >= 11 is 2.05. The van der Waals surface area contributed by atoms with Crippen LogP contribution >= 0.6 is 11.8 Å². The fourth-order valence-corrected chi connectivity index (χ4v) is 3.81. The molecule has 17 heavy (non-hydrogen) atoms. The molecule has 0 amide bonds. The summed E-state index contributed by atoms with van der Waals surface area (Å²) in [5.41, 5.74) is 0. The summed E-state index contributed by atoms with van der Waals surface area (Å²) in [6, 6.07) is 0. The second kappa shape index (κ2) is 7.62. The van der Waals surface area contributed by atoms with Gasteiger partial charge >= 0.3 is 0 Å². The number of aliphatic hydroxyl groups excluding tert-OH is 1. The maximum absolute atomic E-state index is 9.79. The van der Waals surface area contributed by atoms with Gasteiger partial charge in [-0.15, -0.1) is 0 Å². The number of nitrogens with one attached hydrogen (secondary N) is 1. The van der Waals surface area contributed by atoms with E-state index in [0.717, 1.165) is 11.8 Å². The highest BCUT2D eigenvalue weighted by Crippen LogP contribution is 2.25. The molecule has 1 saturated carbocycles. The van der Waals surface area contributed by atoms with Crippen molar-refractivity contribution >= 4 is 11.8 Å². The summed E-state index contributed by atoms with van der Waals surface area (Å²) in [6.07, 6.45) is 7.68. The second-order valence-electron chi connectivity index (χ2n) is 5.19. The van der Waals surface area contributed by atoms with Crippen molar-refractivity contribution in [2.75, 3.05) is 25.4 Å². The SMILES string of the molecule is OC(CNCC1CCCS1)COC1CCCC1. The Balaban J connectivity index is 1.46. The zero-order valence-electron chi connectivity index (χ0n) is 10.6. The number of aliphatic hydroxyl groups is 1. The Morgan fingerprint density at radius 3 is 2.76 bits per heavy atom. The molecule has 0 aromatic rings. The van der Waals surface area contributed by atoms with Crippen LogP contribution in [0.2, 0.25) is 0 Å². The van der Waals surface area contributed by atoms with E-state index in [4.69, 9.17) is 4.74 Å². The molecule has 0 spiro atoms. The Hall–Kier alpha value is 0.230. The third-order valence-electron chi connectivity index (χ3n) is 3.60. The molecule has 0 aromatic carbocycles. The van der Waals surface area contributed by atoms with Crippen molar-refractivity contribution in [2.24, 2.45) is 0 Å². The van der Waals surface area contributed by atoms with E-state index in [0.29, 0.717) is 19.3 Å². The van der Waals surface area contributed by atoms with Crippen molar-refractivity contribution in [3.63, 3.8) is 0 Å². The zero-order valence-corrected chi connectivity index (χ0v) is 11.4. The van der Waals surface area contributed by atoms with Crippen molar-refractivity contribution in [2.45, 2.75) is 56.0 Å². The van der Waals surface area contributed by atoms with Gasteiger partial charge in [0.2, 0.25) is 0 Å². The zero-order chi connectivity index (χ0) is 11.9. The predicted molar refractivity (Wildman–Crippen MR) is 72.6 cm³/mol. The van der Waals surface area contributed by atoms with E-state index in [1.165, 1.54) is 44.3 Å². The number of rotatable bonds is 7. The van der Waals surface area contributed by atoms with E-state index in [-0.39, 0.29) is 6.10 Å². The van der Waals surface area contributed by atoms with E-state index in [1.54, 1.807) is 0 Å². The smallest absolute Gasteiger partial charge is 0.0897 e. The molecule has 0 aromatic heterocycles. The Kier molecular flexibility index (Phi) is 6.12. The first-order valence-corrected chi connectivity index (χ1v) is 8.01. The molecular weight excluding hydrogens is 234 g/mol. The van der Waals surface area contributed by atoms with E-state index in [1.807, 2.05) is 0 Å². The van der Waals surface area contributed by atoms with Gasteiger partial charge in [-0.25, -0.2) is 0 Å². The van der Waals surface area contributed by atoms with Crippen molar-refractivity contribution in [3.05, 3.63) is 0 Å². The average molecular weight is 259 g/mol. The standard InChI is InChI=1S/C13H25NO2S/c15-11(10-16-12-4-1-2-5-12)8-14-9-13-6-3-7-17-13/h11-15H,1-10H2. The predicted octanol–water partition coefficient (Wildman–Crippen LogP) is 1.79. The molecule has 0 radical (unpaired) electrons. The van der Waals surface area contributed by atoms with Gasteiger partial charge in [-0.2, -0.15) is 11.8 Å². The van der Waals surface area contributed by atoms with Crippen molar-refractivity contribution in [1.82, 2.24) is 5.32 Å². The van der Waals surface area contributed by atoms with E-state index in [9.17, 15) is 5.11 Å². The van der Waals surface area contributed by atoms with Gasteiger partial charge in [-0.05, 0) is 31.4 Å². The monoisotopic (exact) mass is 259 g/mol. The van der Waals surface area contributed by atoms with Crippen molar-refractivity contribution in [1.29, 1.82) is 0 Å². The molecular formula is C13H25NO2S. The van der Waals surface area contributed by atoms with Crippen LogP contribution in [0.15, 0.2) is 0 Å². The third kappa shape index (κ3) is 5.16. The first kappa shape index (κ1) is 13.7. The summed E-state index contributed by atoms with van der Waals surface area (Å²) in [6.45, 7) is 2.20. The first-order valence-electron chi connectivity index (χ1n) is 6.96. The van der Waals surface area contributed by atoms with Gasteiger partial charge in [0.15, 0.2) is 0 Å². The number of ether oxygens (including phenoxy) is 1. The molecule has 2 N–H and O–H groups in total. The maximum atomic E-state index is 9.79. The van der Waals surface area contributed by atoms with Gasteiger partial charge in [0, 0.05) is 18.3 Å². The van der Waals surface area contributed by atoms with E-state index >= 15 is 0 Å². The second-order valence-corrected chi connectivity index (χ2v) is 6.60. The maximum Gasteiger partial charge on any atom is 0.0897 e. The number of hydrogen-bond donors (Lipinski definition) is 2. The quantitative estimate of drug-likeness (QED) is 0.731. The minimum absolute atomic E-state index is 0.345. The topological polar surface area (TPSA) is 41.5 Å². The Morgan fingerprint density at radius 1 is 1.24 bits per heavy atom. The largest absolute Gasteiger partial charge is 0.389 e. The number of thioether (sulfide) groups is 1. The van der Waals surface area contributed by atoms with Crippen LogP contribution < -0.4 is 5.32 Å². The lowest BCUT2D eigenvalue weighted by Gasteiger charge is -2.17. The molecule has 2 fully saturated rings. The van der Waals surface area contributed by atoms with Crippen LogP contribution in [0.25, 0.3) is 0 Å². The summed E-state index contributed by atoms with van der Waals surface area (Å²) in [4.78, 5) is 0. The molecule has 1 saturated heterocycles. The molecule has 4 heteroatoms. The molecule has 100 valence electrons. The molecule has 2 atom stereocenters. The van der Waals surface area contributed by atoms with E-state index in [2.05, 4.69) is 17.1 Å². The van der Waals surface area contributed by atoms with Crippen LogP contribution in [-0.2, 0) is 4.74 Å². The molecule has 1 aliphatic heterocycles. The van der Waals surface area contributed by atoms with Crippen molar-refractivity contribution < 1.29 is 9.84 Å². The lowest BCUT2D eigenvalue weighted by Crippen LogP contribution is -2.34. The van der Waals surface area contributed by atoms with Crippen LogP contribution in [0.1, 0.15) is 38.5 Å². The van der Waals surface area contributed by atoms with Crippen LogP contribution in [0.3, 0.4) is 0 Å². The first-order chi connectivity index (χ1) is 8.34. The highest BCUT2D eigenvalue weighted by atomic mass is 32.2. The van der Waals surface area contributed by atoms with Crippen LogP contribution in [0.4, 0.5) is 0 Å².